The third kappa shape index (κ3) is 8.31. The van der Waals surface area contributed by atoms with Crippen molar-refractivity contribution in [1.82, 2.24) is 30.4 Å². The molecule has 1 aliphatic rings. The van der Waals surface area contributed by atoms with E-state index < -0.39 is 6.04 Å². The van der Waals surface area contributed by atoms with Crippen LogP contribution in [0.1, 0.15) is 79.4 Å². The number of anilines is 2. The summed E-state index contributed by atoms with van der Waals surface area (Å²) in [5, 5.41) is 22.9. The number of carbonyl (C=O) groups excluding carboxylic acids is 3. The molecule has 3 aromatic heterocycles. The average Bonchev–Trinajstić information content (AvgIpc) is 3.72. The van der Waals surface area contributed by atoms with Gasteiger partial charge in [0.1, 0.15) is 16.9 Å². The number of fused-ring (bicyclic) bond motifs is 3. The van der Waals surface area contributed by atoms with Crippen molar-refractivity contribution in [2.75, 3.05) is 30.3 Å². The molecule has 0 aliphatic carbocycles. The highest BCUT2D eigenvalue weighted by Crippen LogP contribution is 2.39. The molecule has 1 atom stereocenters. The van der Waals surface area contributed by atoms with Crippen LogP contribution >= 0.6 is 34.3 Å². The van der Waals surface area contributed by atoms with E-state index in [1.165, 1.54) is 16.2 Å². The number of thiophene rings is 1. The Morgan fingerprint density at radius 3 is 2.38 bits per heavy atom. The Hall–Kier alpha value is -4.76. The highest BCUT2D eigenvalue weighted by atomic mass is 35.5. The van der Waals surface area contributed by atoms with Gasteiger partial charge in [-0.05, 0) is 77.4 Å². The lowest BCUT2D eigenvalue weighted by molar-refractivity contribution is -0.121. The second kappa shape index (κ2) is 16.3. The molecular formula is C37H40ClN9O3S2. The Morgan fingerprint density at radius 1 is 0.865 bits per heavy atom. The summed E-state index contributed by atoms with van der Waals surface area (Å²) in [5.74, 6) is 0.683. The quantitative estimate of drug-likeness (QED) is 0.0982. The smallest absolute Gasteiger partial charge is 0.259 e. The van der Waals surface area contributed by atoms with Crippen molar-refractivity contribution in [3.8, 4) is 5.00 Å². The lowest BCUT2D eigenvalue weighted by Gasteiger charge is -2.13. The van der Waals surface area contributed by atoms with Gasteiger partial charge in [0.15, 0.2) is 11.0 Å². The fraction of sp³-hybridized carbons (Fsp3) is 0.324. The molecule has 3 amide bonds. The number of rotatable bonds is 13. The van der Waals surface area contributed by atoms with Gasteiger partial charge < -0.3 is 16.0 Å². The van der Waals surface area contributed by atoms with Crippen LogP contribution in [0.4, 0.5) is 10.8 Å². The van der Waals surface area contributed by atoms with Gasteiger partial charge in [0.05, 0.1) is 29.1 Å². The Bertz CT molecular complexity index is 2130. The molecule has 15 heteroatoms. The molecule has 0 saturated heterocycles. The van der Waals surface area contributed by atoms with Gasteiger partial charge in [-0.2, -0.15) is 0 Å². The molecule has 2 aromatic carbocycles. The van der Waals surface area contributed by atoms with Crippen molar-refractivity contribution >= 4 is 68.5 Å². The lowest BCUT2D eigenvalue weighted by atomic mass is 9.99. The van der Waals surface area contributed by atoms with Gasteiger partial charge in [0.2, 0.25) is 11.8 Å². The van der Waals surface area contributed by atoms with Gasteiger partial charge in [0, 0.05) is 45.4 Å². The summed E-state index contributed by atoms with van der Waals surface area (Å²) in [6.07, 6.45) is 0.944. The van der Waals surface area contributed by atoms with Crippen LogP contribution in [0.5, 0.6) is 0 Å². The van der Waals surface area contributed by atoms with Gasteiger partial charge in [-0.3, -0.25) is 29.3 Å². The highest BCUT2D eigenvalue weighted by Gasteiger charge is 2.32. The predicted molar refractivity (Wildman–Crippen MR) is 208 cm³/mol. The second-order valence-corrected chi connectivity index (χ2v) is 15.4. The number of carbonyl (C=O) groups is 3. The minimum absolute atomic E-state index is 0.102. The van der Waals surface area contributed by atoms with Crippen molar-refractivity contribution in [2.45, 2.75) is 59.9 Å². The van der Waals surface area contributed by atoms with Crippen molar-refractivity contribution in [1.29, 1.82) is 0 Å². The number of amides is 3. The standard InChI is InChI=1S/C37H40ClN9O3S2/c1-20-22(3)51-36-32(20)33(25-12-14-26(38)15-13-25)43-29(34-46-45-24(5)47(34)36)19-31(49)40-18-17-39-16-8-11-30(48)42-28-10-7-6-9-27(28)35(50)44-37-41-21(2)23(4)52-37/h6-7,9-10,12-15,29,39H,8,11,16-19H2,1-5H3,(H,40,49)(H,42,48)(H,41,44,50)/t29-/m0/s1. The molecule has 0 unspecified atom stereocenters. The van der Waals surface area contributed by atoms with E-state index in [0.717, 1.165) is 43.8 Å². The van der Waals surface area contributed by atoms with Crippen LogP contribution in [-0.2, 0) is 9.59 Å². The maximum absolute atomic E-state index is 13.2. The minimum atomic E-state index is -0.547. The normalized spacial score (nSPS) is 13.5. The van der Waals surface area contributed by atoms with Crippen LogP contribution in [0.15, 0.2) is 53.5 Å². The van der Waals surface area contributed by atoms with E-state index in [-0.39, 0.29) is 30.6 Å². The van der Waals surface area contributed by atoms with Gasteiger partial charge >= 0.3 is 0 Å². The Morgan fingerprint density at radius 2 is 1.63 bits per heavy atom. The molecule has 270 valence electrons. The van der Waals surface area contributed by atoms with E-state index in [1.54, 1.807) is 35.6 Å². The van der Waals surface area contributed by atoms with E-state index in [4.69, 9.17) is 16.6 Å². The molecule has 0 radical (unpaired) electrons. The van der Waals surface area contributed by atoms with Gasteiger partial charge in [0.25, 0.3) is 5.91 Å². The SMILES string of the molecule is Cc1nc(NC(=O)c2ccccc2NC(=O)CCCNCCNC(=O)C[C@@H]2N=C(c3ccc(Cl)cc3)c3c(sc(C)c3C)-n3c(C)nnc32)sc1C. The van der Waals surface area contributed by atoms with Crippen LogP contribution < -0.4 is 21.3 Å². The van der Waals surface area contributed by atoms with Crippen molar-refractivity contribution in [3.05, 3.63) is 103 Å². The van der Waals surface area contributed by atoms with Crippen LogP contribution in [0.3, 0.4) is 0 Å². The van der Waals surface area contributed by atoms with E-state index in [2.05, 4.69) is 50.3 Å². The number of aliphatic imine (C=N–C) groups is 1. The zero-order valence-electron chi connectivity index (χ0n) is 29.6. The summed E-state index contributed by atoms with van der Waals surface area (Å²) < 4.78 is 2.03. The van der Waals surface area contributed by atoms with E-state index in [0.29, 0.717) is 53.3 Å². The minimum Gasteiger partial charge on any atom is -0.355 e. The van der Waals surface area contributed by atoms with Crippen molar-refractivity contribution in [3.63, 3.8) is 0 Å². The molecule has 12 nitrogen and oxygen atoms in total. The molecular weight excluding hydrogens is 718 g/mol. The molecule has 5 aromatic rings. The first-order valence-electron chi connectivity index (χ1n) is 17.0. The second-order valence-electron chi connectivity index (χ2n) is 12.5. The average molecular weight is 758 g/mol. The van der Waals surface area contributed by atoms with Crippen LogP contribution in [0.25, 0.3) is 5.00 Å². The van der Waals surface area contributed by atoms with Gasteiger partial charge in [-0.15, -0.1) is 32.9 Å². The molecule has 4 heterocycles. The van der Waals surface area contributed by atoms with Crippen LogP contribution in [-0.4, -0.2) is 62.8 Å². The zero-order chi connectivity index (χ0) is 36.9. The Balaban J connectivity index is 0.992. The number of nitrogens with zero attached hydrogens (tertiary/aromatic N) is 5. The van der Waals surface area contributed by atoms with E-state index in [1.807, 2.05) is 49.6 Å². The summed E-state index contributed by atoms with van der Waals surface area (Å²) in [4.78, 5) is 50.6. The largest absolute Gasteiger partial charge is 0.355 e. The molecule has 52 heavy (non-hydrogen) atoms. The first-order chi connectivity index (χ1) is 25.0. The molecule has 1 aliphatic heterocycles. The molecule has 0 spiro atoms. The third-order valence-electron chi connectivity index (χ3n) is 8.81. The number of aryl methyl sites for hydroxylation is 4. The fourth-order valence-electron chi connectivity index (χ4n) is 5.86. The Labute approximate surface area is 315 Å². The summed E-state index contributed by atoms with van der Waals surface area (Å²) in [6.45, 7) is 11.5. The monoisotopic (exact) mass is 757 g/mol. The Kier molecular flexibility index (Phi) is 11.6. The fourth-order valence-corrected chi connectivity index (χ4v) is 8.01. The maximum atomic E-state index is 13.2. The molecule has 0 bridgehead atoms. The summed E-state index contributed by atoms with van der Waals surface area (Å²) in [7, 11) is 0. The van der Waals surface area contributed by atoms with Gasteiger partial charge in [-0.1, -0.05) is 35.9 Å². The number of hydrogen-bond acceptors (Lipinski definition) is 10. The topological polar surface area (TPSA) is 155 Å². The molecule has 0 saturated carbocycles. The number of hydrogen-bond donors (Lipinski definition) is 4. The number of nitrogens with one attached hydrogen (secondary N) is 4. The van der Waals surface area contributed by atoms with Crippen molar-refractivity contribution < 1.29 is 14.4 Å². The van der Waals surface area contributed by atoms with Crippen LogP contribution in [0.2, 0.25) is 5.02 Å². The first-order valence-corrected chi connectivity index (χ1v) is 19.0. The molecule has 4 N–H and O–H groups in total. The number of halogens is 1. The van der Waals surface area contributed by atoms with Crippen molar-refractivity contribution in [2.24, 2.45) is 4.99 Å². The molecule has 6 rings (SSSR count). The first kappa shape index (κ1) is 37.0. The number of thiazole rings is 1. The maximum Gasteiger partial charge on any atom is 0.259 e. The predicted octanol–water partition coefficient (Wildman–Crippen LogP) is 6.64. The number of benzene rings is 2. The number of aromatic nitrogens is 4. The van der Waals surface area contributed by atoms with Crippen LogP contribution in [0, 0.1) is 34.6 Å². The highest BCUT2D eigenvalue weighted by molar-refractivity contribution is 7.16. The lowest BCUT2D eigenvalue weighted by Crippen LogP contribution is -2.33. The summed E-state index contributed by atoms with van der Waals surface area (Å²) in [6, 6.07) is 13.9. The third-order valence-corrected chi connectivity index (χ3v) is 11.2. The summed E-state index contributed by atoms with van der Waals surface area (Å²) in [5.41, 5.74) is 5.54. The van der Waals surface area contributed by atoms with Gasteiger partial charge in [-0.25, -0.2) is 4.98 Å². The summed E-state index contributed by atoms with van der Waals surface area (Å²) >= 11 is 9.29. The van der Waals surface area contributed by atoms with E-state index >= 15 is 0 Å². The zero-order valence-corrected chi connectivity index (χ0v) is 32.0. The number of para-hydroxylation sites is 1. The molecule has 0 fully saturated rings. The van der Waals surface area contributed by atoms with E-state index in [9.17, 15) is 14.4 Å².